The van der Waals surface area contributed by atoms with Gasteiger partial charge in [-0.1, -0.05) is 6.42 Å². The van der Waals surface area contributed by atoms with E-state index in [1.165, 1.54) is 43.1 Å². The van der Waals surface area contributed by atoms with Gasteiger partial charge in [-0.25, -0.2) is 13.1 Å². The lowest BCUT2D eigenvalue weighted by Gasteiger charge is -2.37. The van der Waals surface area contributed by atoms with Crippen molar-refractivity contribution in [2.24, 2.45) is 0 Å². The fourth-order valence-corrected chi connectivity index (χ4v) is 5.93. The Bertz CT molecular complexity index is 869. The van der Waals surface area contributed by atoms with E-state index >= 15 is 0 Å². The first-order valence-electron chi connectivity index (χ1n) is 9.74. The zero-order valence-electron chi connectivity index (χ0n) is 15.7. The van der Waals surface area contributed by atoms with Crippen molar-refractivity contribution < 1.29 is 13.3 Å². The van der Waals surface area contributed by atoms with Gasteiger partial charge in [0, 0.05) is 0 Å². The molecule has 1 saturated heterocycles. The normalized spacial score (nSPS) is 20.8. The predicted molar refractivity (Wildman–Crippen MR) is 100 cm³/mol. The van der Waals surface area contributed by atoms with Crippen LogP contribution in [0, 0.1) is 6.92 Å². The molecule has 0 spiro atoms. The molecule has 0 unspecified atom stereocenters. The third kappa shape index (κ3) is 3.76. The highest BCUT2D eigenvalue weighted by atomic mass is 32.2. The number of nitrogens with one attached hydrogen (secondary N) is 1. The van der Waals surface area contributed by atoms with E-state index in [-0.39, 0.29) is 0 Å². The maximum absolute atomic E-state index is 13.1. The summed E-state index contributed by atoms with van der Waals surface area (Å²) in [7, 11) is -3.47. The number of aromatic nitrogens is 4. The molecular formula is C18H27N6O2S+. The second kappa shape index (κ2) is 7.65. The van der Waals surface area contributed by atoms with Crippen LogP contribution < -0.4 is 4.90 Å². The van der Waals surface area contributed by atoms with E-state index in [1.54, 1.807) is 27.4 Å². The number of aryl methyl sites for hydroxylation is 1. The maximum Gasteiger partial charge on any atom is 0.243 e. The third-order valence-electron chi connectivity index (χ3n) is 5.95. The molecule has 9 heteroatoms. The Kier molecular flexibility index (Phi) is 5.25. The van der Waals surface area contributed by atoms with Gasteiger partial charge >= 0.3 is 0 Å². The van der Waals surface area contributed by atoms with Crippen molar-refractivity contribution in [1.29, 1.82) is 0 Å². The number of tetrazole rings is 1. The molecule has 2 fully saturated rings. The number of rotatable bonds is 4. The number of nitrogens with zero attached hydrogens (tertiary/aromatic N) is 5. The Morgan fingerprint density at radius 2 is 1.85 bits per heavy atom. The summed E-state index contributed by atoms with van der Waals surface area (Å²) in [6, 6.07) is 5.86. The fourth-order valence-electron chi connectivity index (χ4n) is 4.40. The van der Waals surface area contributed by atoms with Crippen molar-refractivity contribution in [1.82, 2.24) is 24.5 Å². The molecule has 27 heavy (non-hydrogen) atoms. The molecule has 4 rings (SSSR count). The van der Waals surface area contributed by atoms with Crippen molar-refractivity contribution in [2.45, 2.75) is 50.0 Å². The van der Waals surface area contributed by atoms with Crippen molar-refractivity contribution >= 4 is 10.0 Å². The number of hydrogen-bond donors (Lipinski definition) is 1. The average molecular weight is 392 g/mol. The van der Waals surface area contributed by atoms with Gasteiger partial charge in [0.25, 0.3) is 0 Å². The van der Waals surface area contributed by atoms with Gasteiger partial charge in [0.2, 0.25) is 10.0 Å². The second-order valence-corrected chi connectivity index (χ2v) is 9.54. The van der Waals surface area contributed by atoms with Gasteiger partial charge in [0.15, 0.2) is 0 Å². The highest BCUT2D eigenvalue weighted by Crippen LogP contribution is 2.22. The largest absolute Gasteiger partial charge is 0.330 e. The summed E-state index contributed by atoms with van der Waals surface area (Å²) in [6.45, 7) is 4.89. The Morgan fingerprint density at radius 3 is 2.48 bits per heavy atom. The second-order valence-electron chi connectivity index (χ2n) is 7.60. The number of benzene rings is 1. The van der Waals surface area contributed by atoms with E-state index in [1.807, 2.05) is 6.92 Å². The molecule has 146 valence electrons. The standard InChI is InChI=1S/C18H26N6O2S/c1-15-13-17(7-8-18(15)24-14-19-20-21-24)27(25,26)23-11-9-22(10-12-23)16-5-3-2-4-6-16/h7-8,13-14,16H,2-6,9-12H2,1H3/p+1. The Balaban J connectivity index is 1.46. The highest BCUT2D eigenvalue weighted by Gasteiger charge is 2.34. The molecule has 2 aromatic rings. The minimum atomic E-state index is -3.47. The number of hydrogen-bond acceptors (Lipinski definition) is 5. The summed E-state index contributed by atoms with van der Waals surface area (Å²) >= 11 is 0. The van der Waals surface area contributed by atoms with Crippen LogP contribution in [0.3, 0.4) is 0 Å². The van der Waals surface area contributed by atoms with Gasteiger partial charge < -0.3 is 4.90 Å². The van der Waals surface area contributed by atoms with Gasteiger partial charge in [-0.2, -0.15) is 4.31 Å². The molecule has 1 aromatic carbocycles. The first kappa shape index (κ1) is 18.5. The van der Waals surface area contributed by atoms with Gasteiger partial charge in [0.05, 0.1) is 42.8 Å². The first-order valence-corrected chi connectivity index (χ1v) is 11.2. The molecule has 1 aromatic heterocycles. The summed E-state index contributed by atoms with van der Waals surface area (Å²) in [5.74, 6) is 0. The lowest BCUT2D eigenvalue weighted by molar-refractivity contribution is -0.930. The molecule has 0 radical (unpaired) electrons. The lowest BCUT2D eigenvalue weighted by Crippen LogP contribution is -3.18. The highest BCUT2D eigenvalue weighted by molar-refractivity contribution is 7.89. The summed E-state index contributed by atoms with van der Waals surface area (Å²) in [6.07, 6.45) is 8.08. The quantitative estimate of drug-likeness (QED) is 0.804. The van der Waals surface area contributed by atoms with Crippen LogP contribution in [0.15, 0.2) is 29.4 Å². The molecule has 0 atom stereocenters. The van der Waals surface area contributed by atoms with E-state index in [4.69, 9.17) is 0 Å². The monoisotopic (exact) mass is 391 g/mol. The molecular weight excluding hydrogens is 364 g/mol. The van der Waals surface area contributed by atoms with Crippen LogP contribution in [0.5, 0.6) is 0 Å². The number of piperazine rings is 1. The van der Waals surface area contributed by atoms with Gasteiger partial charge in [-0.15, -0.1) is 5.10 Å². The maximum atomic E-state index is 13.1. The summed E-state index contributed by atoms with van der Waals surface area (Å²) < 4.78 is 29.4. The molecule has 1 saturated carbocycles. The van der Waals surface area contributed by atoms with Gasteiger partial charge in [0.1, 0.15) is 6.33 Å². The molecule has 0 amide bonds. The van der Waals surface area contributed by atoms with E-state index in [2.05, 4.69) is 15.5 Å². The van der Waals surface area contributed by atoms with Crippen molar-refractivity contribution in [2.75, 3.05) is 26.2 Å². The van der Waals surface area contributed by atoms with Crippen molar-refractivity contribution in [3.63, 3.8) is 0 Å². The van der Waals surface area contributed by atoms with Crippen LogP contribution >= 0.6 is 0 Å². The Labute approximate surface area is 160 Å². The van der Waals surface area contributed by atoms with E-state index in [0.29, 0.717) is 18.0 Å². The van der Waals surface area contributed by atoms with Crippen LogP contribution in [0.1, 0.15) is 37.7 Å². The van der Waals surface area contributed by atoms with Crippen LogP contribution in [0.25, 0.3) is 5.69 Å². The van der Waals surface area contributed by atoms with Crippen molar-refractivity contribution in [3.05, 3.63) is 30.1 Å². The smallest absolute Gasteiger partial charge is 0.243 e. The minimum Gasteiger partial charge on any atom is -0.330 e. The third-order valence-corrected chi connectivity index (χ3v) is 7.84. The summed E-state index contributed by atoms with van der Waals surface area (Å²) in [4.78, 5) is 1.93. The molecule has 1 aliphatic carbocycles. The van der Waals surface area contributed by atoms with E-state index in [0.717, 1.165) is 30.4 Å². The van der Waals surface area contributed by atoms with Crippen LogP contribution in [-0.4, -0.2) is 65.2 Å². The fraction of sp³-hybridized carbons (Fsp3) is 0.611. The van der Waals surface area contributed by atoms with E-state index in [9.17, 15) is 8.42 Å². The predicted octanol–water partition coefficient (Wildman–Crippen LogP) is 0.193. The molecule has 2 heterocycles. The van der Waals surface area contributed by atoms with Gasteiger partial charge in [-0.05, 0) is 66.8 Å². The average Bonchev–Trinajstić information content (AvgIpc) is 3.23. The van der Waals surface area contributed by atoms with Crippen molar-refractivity contribution in [3.8, 4) is 5.69 Å². The number of quaternary nitrogens is 1. The summed E-state index contributed by atoms with van der Waals surface area (Å²) in [5.41, 5.74) is 1.61. The van der Waals surface area contributed by atoms with E-state index < -0.39 is 10.0 Å². The topological polar surface area (TPSA) is 85.4 Å². The first-order chi connectivity index (χ1) is 13.1. The molecule has 1 N–H and O–H groups in total. The van der Waals surface area contributed by atoms with Crippen LogP contribution in [-0.2, 0) is 10.0 Å². The Morgan fingerprint density at radius 1 is 1.11 bits per heavy atom. The molecule has 8 nitrogen and oxygen atoms in total. The summed E-state index contributed by atoms with van der Waals surface area (Å²) in [5, 5.41) is 11.1. The molecule has 0 bridgehead atoms. The van der Waals surface area contributed by atoms with Crippen LogP contribution in [0.4, 0.5) is 0 Å². The lowest BCUT2D eigenvalue weighted by atomic mass is 9.94. The number of sulfonamides is 1. The Hall–Kier alpha value is -1.84. The zero-order valence-corrected chi connectivity index (χ0v) is 16.5. The minimum absolute atomic E-state index is 0.345. The zero-order chi connectivity index (χ0) is 18.9. The molecule has 2 aliphatic rings. The van der Waals surface area contributed by atoms with Gasteiger partial charge in [-0.3, -0.25) is 0 Å². The molecule has 1 aliphatic heterocycles. The SMILES string of the molecule is Cc1cc(S(=O)(=O)N2CC[NH+](C3CCCCC3)CC2)ccc1-n1cnnn1. The van der Waals surface area contributed by atoms with Crippen LogP contribution in [0.2, 0.25) is 0 Å².